The maximum Gasteiger partial charge on any atom is 0.240 e. The van der Waals surface area contributed by atoms with E-state index in [1.165, 1.54) is 22.9 Å². The number of amides is 1. The summed E-state index contributed by atoms with van der Waals surface area (Å²) in [6.07, 6.45) is 0. The van der Waals surface area contributed by atoms with Crippen LogP contribution in [0.1, 0.15) is 28.3 Å². The lowest BCUT2D eigenvalue weighted by atomic mass is 10.0. The molecule has 5 rings (SSSR count). The maximum absolute atomic E-state index is 13.5. The minimum atomic E-state index is -0.422. The van der Waals surface area contributed by atoms with Crippen molar-refractivity contribution in [2.75, 3.05) is 10.7 Å². The van der Waals surface area contributed by atoms with Gasteiger partial charge >= 0.3 is 0 Å². The molecule has 2 atom stereocenters. The van der Waals surface area contributed by atoms with E-state index in [1.807, 2.05) is 60.1 Å². The van der Waals surface area contributed by atoms with Crippen molar-refractivity contribution in [3.63, 3.8) is 0 Å². The molecule has 33 heavy (non-hydrogen) atoms. The van der Waals surface area contributed by atoms with Crippen molar-refractivity contribution >= 4 is 23.4 Å². The van der Waals surface area contributed by atoms with Gasteiger partial charge < -0.3 is 10.7 Å². The van der Waals surface area contributed by atoms with Crippen LogP contribution in [0, 0.1) is 20.8 Å². The number of aromatic nitrogens is 3. The second kappa shape index (κ2) is 8.75. The molecule has 1 aliphatic rings. The smallest absolute Gasteiger partial charge is 0.240 e. The quantitative estimate of drug-likeness (QED) is 0.439. The summed E-state index contributed by atoms with van der Waals surface area (Å²) in [6, 6.07) is 23.9. The van der Waals surface area contributed by atoms with Crippen molar-refractivity contribution < 1.29 is 4.79 Å². The summed E-state index contributed by atoms with van der Waals surface area (Å²) in [5.74, 6) is 0.653. The topological polar surface area (TPSA) is 71.8 Å². The zero-order chi connectivity index (χ0) is 22.9. The molecule has 0 spiro atoms. The van der Waals surface area contributed by atoms with E-state index in [0.717, 1.165) is 28.2 Å². The first-order valence-corrected chi connectivity index (χ1v) is 11.8. The van der Waals surface area contributed by atoms with Crippen molar-refractivity contribution in [1.29, 1.82) is 0 Å². The van der Waals surface area contributed by atoms with E-state index in [-0.39, 0.29) is 11.9 Å². The van der Waals surface area contributed by atoms with Gasteiger partial charge in [0.25, 0.3) is 0 Å². The molecule has 1 aromatic heterocycles. The molecular formula is C26H25N5OS. The minimum Gasteiger partial charge on any atom is -0.325 e. The van der Waals surface area contributed by atoms with Gasteiger partial charge in [0.15, 0.2) is 5.82 Å². The van der Waals surface area contributed by atoms with E-state index in [4.69, 9.17) is 0 Å². The van der Waals surface area contributed by atoms with Crippen LogP contribution in [0.3, 0.4) is 0 Å². The van der Waals surface area contributed by atoms with Gasteiger partial charge in [-0.15, -0.1) is 10.2 Å². The Morgan fingerprint density at radius 2 is 1.70 bits per heavy atom. The number of fused-ring (bicyclic) bond motifs is 1. The van der Waals surface area contributed by atoms with Gasteiger partial charge in [0.05, 0.1) is 6.04 Å². The Balaban J connectivity index is 1.50. The fourth-order valence-corrected chi connectivity index (χ4v) is 4.97. The van der Waals surface area contributed by atoms with Crippen LogP contribution in [-0.4, -0.2) is 26.0 Å². The van der Waals surface area contributed by atoms with Gasteiger partial charge in [-0.05, 0) is 49.6 Å². The normalized spacial score (nSPS) is 17.2. The summed E-state index contributed by atoms with van der Waals surface area (Å²) >= 11 is 1.43. The highest BCUT2D eigenvalue weighted by Gasteiger charge is 2.38. The lowest BCUT2D eigenvalue weighted by Gasteiger charge is -2.33. The molecule has 3 aromatic carbocycles. The van der Waals surface area contributed by atoms with Crippen molar-refractivity contribution in [3.05, 3.63) is 95.1 Å². The molecule has 7 heteroatoms. The number of benzene rings is 3. The highest BCUT2D eigenvalue weighted by atomic mass is 32.2. The Hall–Kier alpha value is -3.58. The highest BCUT2D eigenvalue weighted by molar-refractivity contribution is 8.00. The number of hydrogen-bond donors (Lipinski definition) is 2. The molecular weight excluding hydrogens is 430 g/mol. The third-order valence-corrected chi connectivity index (χ3v) is 7.15. The van der Waals surface area contributed by atoms with E-state index in [2.05, 4.69) is 59.1 Å². The molecule has 166 valence electrons. The van der Waals surface area contributed by atoms with Gasteiger partial charge in [0, 0.05) is 11.3 Å². The third-order valence-electron chi connectivity index (χ3n) is 5.94. The molecule has 0 fully saturated rings. The zero-order valence-electron chi connectivity index (χ0n) is 18.7. The number of rotatable bonds is 4. The monoisotopic (exact) mass is 455 g/mol. The predicted molar refractivity (Wildman–Crippen MR) is 133 cm³/mol. The highest BCUT2D eigenvalue weighted by Crippen LogP contribution is 2.39. The van der Waals surface area contributed by atoms with Crippen LogP contribution in [0.5, 0.6) is 0 Å². The maximum atomic E-state index is 13.5. The average molecular weight is 456 g/mol. The summed E-state index contributed by atoms with van der Waals surface area (Å²) in [5, 5.41) is 12.1. The number of nitrogens with zero attached hydrogens (tertiary/aromatic N) is 3. The summed E-state index contributed by atoms with van der Waals surface area (Å²) in [7, 11) is 0. The summed E-state index contributed by atoms with van der Waals surface area (Å²) in [6.45, 7) is 6.17. The molecule has 0 aliphatic carbocycles. The van der Waals surface area contributed by atoms with Crippen molar-refractivity contribution in [1.82, 2.24) is 14.9 Å². The van der Waals surface area contributed by atoms with Crippen LogP contribution >= 0.6 is 11.8 Å². The molecule has 2 N–H and O–H groups in total. The molecule has 0 saturated carbocycles. The van der Waals surface area contributed by atoms with Crippen LogP contribution in [0.2, 0.25) is 0 Å². The number of anilines is 1. The SMILES string of the molecule is Cc1ccc([C@@H]2Nn3c(nnc3-c3ccccc3)S[C@@H]2C(=O)Nc2ccc(C)c(C)c2)cc1. The number of nitrogens with one attached hydrogen (secondary N) is 2. The number of carbonyl (C=O) groups excluding carboxylic acids is 1. The van der Waals surface area contributed by atoms with Gasteiger partial charge in [-0.1, -0.05) is 78.0 Å². The number of aryl methyl sites for hydroxylation is 3. The van der Waals surface area contributed by atoms with Crippen LogP contribution in [0.25, 0.3) is 11.4 Å². The van der Waals surface area contributed by atoms with Crippen LogP contribution < -0.4 is 10.7 Å². The molecule has 1 amide bonds. The Kier molecular flexibility index (Phi) is 5.64. The van der Waals surface area contributed by atoms with Crippen LogP contribution in [-0.2, 0) is 4.79 Å². The Morgan fingerprint density at radius 3 is 2.42 bits per heavy atom. The van der Waals surface area contributed by atoms with E-state index in [9.17, 15) is 4.79 Å². The van der Waals surface area contributed by atoms with Gasteiger partial charge in [0.2, 0.25) is 11.1 Å². The van der Waals surface area contributed by atoms with Crippen molar-refractivity contribution in [3.8, 4) is 11.4 Å². The van der Waals surface area contributed by atoms with Crippen LogP contribution in [0.15, 0.2) is 78.0 Å². The largest absolute Gasteiger partial charge is 0.325 e. The number of thioether (sulfide) groups is 1. The summed E-state index contributed by atoms with van der Waals surface area (Å²) in [5.41, 5.74) is 9.83. The number of hydrogen-bond acceptors (Lipinski definition) is 5. The first-order valence-electron chi connectivity index (χ1n) is 10.9. The molecule has 4 aromatic rings. The summed E-state index contributed by atoms with van der Waals surface area (Å²) < 4.78 is 1.89. The lowest BCUT2D eigenvalue weighted by molar-refractivity contribution is -0.116. The second-order valence-corrected chi connectivity index (χ2v) is 9.46. The standard InChI is InChI=1S/C26H25N5OS/c1-16-9-12-19(13-10-16)22-23(25(32)27-21-14-11-17(2)18(3)15-21)33-26-29-28-24(31(26)30-22)20-7-5-4-6-8-20/h4-15,22-23,30H,1-3H3,(H,27,32)/t22-,23-/m0/s1. The predicted octanol–water partition coefficient (Wildman–Crippen LogP) is 5.27. The minimum absolute atomic E-state index is 0.0724. The van der Waals surface area contributed by atoms with Crippen molar-refractivity contribution in [2.45, 2.75) is 37.2 Å². The van der Waals surface area contributed by atoms with E-state index < -0.39 is 5.25 Å². The van der Waals surface area contributed by atoms with E-state index in [1.54, 1.807) is 0 Å². The molecule has 0 radical (unpaired) electrons. The van der Waals surface area contributed by atoms with Gasteiger partial charge in [-0.2, -0.15) is 0 Å². The molecule has 6 nitrogen and oxygen atoms in total. The van der Waals surface area contributed by atoms with Crippen molar-refractivity contribution in [2.24, 2.45) is 0 Å². The average Bonchev–Trinajstić information content (AvgIpc) is 3.25. The molecule has 1 aliphatic heterocycles. The van der Waals surface area contributed by atoms with Gasteiger partial charge in [-0.3, -0.25) is 4.79 Å². The van der Waals surface area contributed by atoms with Crippen LogP contribution in [0.4, 0.5) is 5.69 Å². The third kappa shape index (κ3) is 4.24. The Labute approximate surface area is 197 Å². The fraction of sp³-hybridized carbons (Fsp3) is 0.192. The van der Waals surface area contributed by atoms with Gasteiger partial charge in [0.1, 0.15) is 5.25 Å². The Morgan fingerprint density at radius 1 is 0.939 bits per heavy atom. The fourth-order valence-electron chi connectivity index (χ4n) is 3.89. The molecule has 0 bridgehead atoms. The molecule has 0 unspecified atom stereocenters. The molecule has 2 heterocycles. The second-order valence-electron chi connectivity index (χ2n) is 8.35. The summed E-state index contributed by atoms with van der Waals surface area (Å²) in [4.78, 5) is 13.5. The zero-order valence-corrected chi connectivity index (χ0v) is 19.6. The number of carbonyl (C=O) groups is 1. The Bertz CT molecular complexity index is 1300. The lowest BCUT2D eigenvalue weighted by Crippen LogP contribution is -2.41. The molecule has 0 saturated heterocycles. The van der Waals surface area contributed by atoms with Gasteiger partial charge in [-0.25, -0.2) is 4.68 Å². The first-order chi connectivity index (χ1) is 16.0. The van der Waals surface area contributed by atoms with E-state index >= 15 is 0 Å². The first kappa shape index (κ1) is 21.3. The van der Waals surface area contributed by atoms with E-state index in [0.29, 0.717) is 5.16 Å².